The second kappa shape index (κ2) is 7.63. The third kappa shape index (κ3) is 3.72. The highest BCUT2D eigenvalue weighted by Gasteiger charge is 2.24. The van der Waals surface area contributed by atoms with E-state index in [4.69, 9.17) is 0 Å². The maximum absolute atomic E-state index is 4.28. The molecule has 1 saturated carbocycles. The van der Waals surface area contributed by atoms with Crippen LogP contribution in [0.2, 0.25) is 0 Å². The number of rotatable bonds is 6. The van der Waals surface area contributed by atoms with Crippen molar-refractivity contribution in [3.8, 4) is 0 Å². The summed E-state index contributed by atoms with van der Waals surface area (Å²) >= 11 is 0. The molecule has 0 unspecified atom stereocenters. The first-order valence-corrected chi connectivity index (χ1v) is 8.12. The van der Waals surface area contributed by atoms with Crippen LogP contribution in [0.3, 0.4) is 0 Å². The van der Waals surface area contributed by atoms with E-state index in [9.17, 15) is 0 Å². The first-order chi connectivity index (χ1) is 9.76. The van der Waals surface area contributed by atoms with Gasteiger partial charge in [0.25, 0.3) is 0 Å². The number of nitrogens with one attached hydrogen (secondary N) is 1. The summed E-state index contributed by atoms with van der Waals surface area (Å²) in [7, 11) is 2.25. The van der Waals surface area contributed by atoms with Crippen molar-refractivity contribution in [1.82, 2.24) is 10.3 Å². The molecule has 1 aliphatic carbocycles. The number of aromatic nitrogens is 1. The molecule has 0 radical (unpaired) electrons. The predicted molar refractivity (Wildman–Crippen MR) is 86.1 cm³/mol. The van der Waals surface area contributed by atoms with Crippen molar-refractivity contribution < 1.29 is 0 Å². The van der Waals surface area contributed by atoms with Gasteiger partial charge in [-0.15, -0.1) is 0 Å². The van der Waals surface area contributed by atoms with Crippen LogP contribution in [-0.4, -0.2) is 24.6 Å². The molecule has 0 amide bonds. The second-order valence-corrected chi connectivity index (χ2v) is 5.98. The van der Waals surface area contributed by atoms with Crippen LogP contribution in [0.4, 0.5) is 5.69 Å². The van der Waals surface area contributed by atoms with Gasteiger partial charge < -0.3 is 10.2 Å². The van der Waals surface area contributed by atoms with Gasteiger partial charge in [-0.1, -0.05) is 20.3 Å². The molecule has 3 heteroatoms. The van der Waals surface area contributed by atoms with Gasteiger partial charge in [-0.2, -0.15) is 0 Å². The third-order valence-corrected chi connectivity index (χ3v) is 4.76. The van der Waals surface area contributed by atoms with Crippen molar-refractivity contribution in [3.63, 3.8) is 0 Å². The summed E-state index contributed by atoms with van der Waals surface area (Å²) in [5.74, 6) is 0.957. The van der Waals surface area contributed by atoms with Gasteiger partial charge in [0.1, 0.15) is 0 Å². The van der Waals surface area contributed by atoms with Crippen LogP contribution in [-0.2, 0) is 6.54 Å². The molecule has 1 fully saturated rings. The van der Waals surface area contributed by atoms with Gasteiger partial charge in [0, 0.05) is 43.3 Å². The van der Waals surface area contributed by atoms with Crippen LogP contribution in [0.1, 0.15) is 51.5 Å². The van der Waals surface area contributed by atoms with Crippen molar-refractivity contribution in [3.05, 3.63) is 24.0 Å². The Hall–Kier alpha value is -1.09. The van der Waals surface area contributed by atoms with E-state index >= 15 is 0 Å². The lowest BCUT2D eigenvalue weighted by Gasteiger charge is -2.36. The van der Waals surface area contributed by atoms with E-state index in [0.717, 1.165) is 19.0 Å². The minimum atomic E-state index is 0.695. The fraction of sp³-hybridized carbons (Fsp3) is 0.706. The molecule has 1 aliphatic rings. The van der Waals surface area contributed by atoms with E-state index in [0.29, 0.717) is 6.04 Å². The smallest absolute Gasteiger partial charge is 0.0442 e. The minimum Gasteiger partial charge on any atom is -0.371 e. The topological polar surface area (TPSA) is 28.2 Å². The summed E-state index contributed by atoms with van der Waals surface area (Å²) in [6.07, 6.45) is 10.7. The Morgan fingerprint density at radius 3 is 2.65 bits per heavy atom. The molecule has 0 saturated heterocycles. The Morgan fingerprint density at radius 2 is 2.00 bits per heavy atom. The third-order valence-electron chi connectivity index (χ3n) is 4.76. The van der Waals surface area contributed by atoms with Crippen LogP contribution < -0.4 is 10.2 Å². The lowest BCUT2D eigenvalue weighted by Crippen LogP contribution is -2.36. The lowest BCUT2D eigenvalue weighted by atomic mass is 9.84. The van der Waals surface area contributed by atoms with Crippen molar-refractivity contribution in [2.75, 3.05) is 18.5 Å². The normalized spacial score (nSPS) is 22.8. The molecule has 0 bridgehead atoms. The first kappa shape index (κ1) is 15.3. The molecule has 0 aromatic carbocycles. The highest BCUT2D eigenvalue weighted by atomic mass is 15.1. The highest BCUT2D eigenvalue weighted by Crippen LogP contribution is 2.32. The number of hydrogen-bond acceptors (Lipinski definition) is 3. The molecular weight excluding hydrogens is 246 g/mol. The quantitative estimate of drug-likeness (QED) is 0.860. The van der Waals surface area contributed by atoms with Crippen molar-refractivity contribution in [1.29, 1.82) is 0 Å². The zero-order chi connectivity index (χ0) is 14.4. The van der Waals surface area contributed by atoms with Crippen LogP contribution >= 0.6 is 0 Å². The largest absolute Gasteiger partial charge is 0.371 e. The molecule has 1 aromatic rings. The second-order valence-electron chi connectivity index (χ2n) is 5.98. The average Bonchev–Trinajstić information content (AvgIpc) is 2.52. The fourth-order valence-electron chi connectivity index (χ4n) is 3.30. The van der Waals surface area contributed by atoms with Gasteiger partial charge in [-0.25, -0.2) is 0 Å². The maximum Gasteiger partial charge on any atom is 0.0442 e. The van der Waals surface area contributed by atoms with Crippen LogP contribution in [0.25, 0.3) is 0 Å². The molecule has 20 heavy (non-hydrogen) atoms. The van der Waals surface area contributed by atoms with Crippen molar-refractivity contribution in [2.45, 2.75) is 58.5 Å². The number of pyridine rings is 1. The Morgan fingerprint density at radius 1 is 1.25 bits per heavy atom. The fourth-order valence-corrected chi connectivity index (χ4v) is 3.30. The Kier molecular flexibility index (Phi) is 5.84. The van der Waals surface area contributed by atoms with Crippen LogP contribution in [0.15, 0.2) is 18.5 Å². The summed E-state index contributed by atoms with van der Waals surface area (Å²) in [6.45, 7) is 6.38. The van der Waals surface area contributed by atoms with Gasteiger partial charge in [-0.3, -0.25) is 4.98 Å². The Bertz CT molecular complexity index is 397. The molecule has 0 atom stereocenters. The molecule has 2 rings (SSSR count). The maximum atomic E-state index is 4.28. The van der Waals surface area contributed by atoms with Gasteiger partial charge in [-0.05, 0) is 44.2 Å². The zero-order valence-electron chi connectivity index (χ0n) is 13.2. The average molecular weight is 275 g/mol. The van der Waals surface area contributed by atoms with Crippen LogP contribution in [0.5, 0.6) is 0 Å². The van der Waals surface area contributed by atoms with E-state index in [1.165, 1.54) is 43.4 Å². The summed E-state index contributed by atoms with van der Waals surface area (Å²) in [5, 5.41) is 3.41. The van der Waals surface area contributed by atoms with E-state index in [1.807, 2.05) is 12.4 Å². The summed E-state index contributed by atoms with van der Waals surface area (Å²) < 4.78 is 0. The highest BCUT2D eigenvalue weighted by molar-refractivity contribution is 5.52. The van der Waals surface area contributed by atoms with Crippen molar-refractivity contribution in [2.24, 2.45) is 5.92 Å². The Balaban J connectivity index is 2.03. The number of hydrogen-bond donors (Lipinski definition) is 1. The predicted octanol–water partition coefficient (Wildman–Crippen LogP) is 3.60. The van der Waals surface area contributed by atoms with Crippen LogP contribution in [0, 0.1) is 5.92 Å². The molecule has 1 N–H and O–H groups in total. The monoisotopic (exact) mass is 275 g/mol. The summed E-state index contributed by atoms with van der Waals surface area (Å²) in [5.41, 5.74) is 2.66. The van der Waals surface area contributed by atoms with Gasteiger partial charge in [0.2, 0.25) is 0 Å². The van der Waals surface area contributed by atoms with Gasteiger partial charge in [0.05, 0.1) is 0 Å². The van der Waals surface area contributed by atoms with E-state index < -0.39 is 0 Å². The molecule has 1 heterocycles. The van der Waals surface area contributed by atoms with Gasteiger partial charge >= 0.3 is 0 Å². The SMILES string of the molecule is CCNCc1cnccc1N(C)C1CCC(CC)CC1. The molecular formula is C17H29N3. The molecule has 1 aromatic heterocycles. The Labute approximate surface area is 123 Å². The van der Waals surface area contributed by atoms with E-state index in [1.54, 1.807) is 0 Å². The number of nitrogens with zero attached hydrogens (tertiary/aromatic N) is 2. The van der Waals surface area contributed by atoms with E-state index in [2.05, 4.69) is 42.2 Å². The summed E-state index contributed by atoms with van der Waals surface area (Å²) in [6, 6.07) is 2.86. The molecule has 3 nitrogen and oxygen atoms in total. The summed E-state index contributed by atoms with van der Waals surface area (Å²) in [4.78, 5) is 6.77. The van der Waals surface area contributed by atoms with Gasteiger partial charge in [0.15, 0.2) is 0 Å². The standard InChI is InChI=1S/C17H29N3/c1-4-14-6-8-16(9-7-14)20(3)17-10-11-19-13-15(17)12-18-5-2/h10-11,13-14,16,18H,4-9,12H2,1-3H3. The molecule has 0 aliphatic heterocycles. The lowest BCUT2D eigenvalue weighted by molar-refractivity contribution is 0.313. The van der Waals surface area contributed by atoms with E-state index in [-0.39, 0.29) is 0 Å². The molecule has 112 valence electrons. The molecule has 0 spiro atoms. The first-order valence-electron chi connectivity index (χ1n) is 8.12. The minimum absolute atomic E-state index is 0.695. The number of anilines is 1. The zero-order valence-corrected chi connectivity index (χ0v) is 13.2. The van der Waals surface area contributed by atoms with Crippen molar-refractivity contribution >= 4 is 5.69 Å².